The number of rotatable bonds is 2. The number of carbonyl (C=O) groups excluding carboxylic acids is 1. The summed E-state index contributed by atoms with van der Waals surface area (Å²) in [5, 5.41) is 1.02. The lowest BCUT2D eigenvalue weighted by atomic mass is 10.0. The highest BCUT2D eigenvalue weighted by molar-refractivity contribution is 6.35. The van der Waals surface area contributed by atoms with Crippen molar-refractivity contribution in [2.24, 2.45) is 0 Å². The fraction of sp³-hybridized carbons (Fsp3) is 0.143. The quantitative estimate of drug-likeness (QED) is 0.770. The molecule has 2 rings (SSSR count). The number of hydrogen-bond acceptors (Lipinski definition) is 2. The van der Waals surface area contributed by atoms with E-state index in [0.29, 0.717) is 26.9 Å². The Morgan fingerprint density at radius 1 is 1.11 bits per heavy atom. The van der Waals surface area contributed by atoms with Crippen molar-refractivity contribution in [1.82, 2.24) is 4.98 Å². The molecule has 0 N–H and O–H groups in total. The summed E-state index contributed by atoms with van der Waals surface area (Å²) in [4.78, 5) is 16.6. The number of benzene rings is 1. The van der Waals surface area contributed by atoms with Crippen LogP contribution in [0.25, 0.3) is 0 Å². The second kappa shape index (κ2) is 5.09. The van der Waals surface area contributed by atoms with Gasteiger partial charge in [0, 0.05) is 16.3 Å². The van der Waals surface area contributed by atoms with Crippen LogP contribution < -0.4 is 0 Å². The Labute approximate surface area is 116 Å². The lowest BCUT2D eigenvalue weighted by Gasteiger charge is -2.08. The second-order valence-electron chi connectivity index (χ2n) is 4.04. The predicted molar refractivity (Wildman–Crippen MR) is 73.6 cm³/mol. The molecule has 92 valence electrons. The zero-order valence-corrected chi connectivity index (χ0v) is 11.5. The maximum Gasteiger partial charge on any atom is 0.196 e. The summed E-state index contributed by atoms with van der Waals surface area (Å²) in [5.74, 6) is -0.137. The second-order valence-corrected chi connectivity index (χ2v) is 4.89. The molecule has 0 aliphatic heterocycles. The van der Waals surface area contributed by atoms with Crippen LogP contribution in [0.3, 0.4) is 0 Å². The molecule has 1 heterocycles. The Morgan fingerprint density at radius 3 is 2.28 bits per heavy atom. The standard InChI is InChI=1S/C14H11Cl2NO/c1-8-7-12(16)13(9(2)17-8)14(18)10-3-5-11(15)6-4-10/h3-7H,1-2H3. The van der Waals surface area contributed by atoms with Gasteiger partial charge in [-0.15, -0.1) is 0 Å². The fourth-order valence-corrected chi connectivity index (χ4v) is 2.31. The van der Waals surface area contributed by atoms with Crippen molar-refractivity contribution < 1.29 is 4.79 Å². The molecule has 1 aromatic carbocycles. The van der Waals surface area contributed by atoms with Gasteiger partial charge in [0.1, 0.15) is 0 Å². The van der Waals surface area contributed by atoms with Crippen LogP contribution >= 0.6 is 23.2 Å². The molecule has 1 aromatic heterocycles. The van der Waals surface area contributed by atoms with Gasteiger partial charge in [-0.25, -0.2) is 0 Å². The first-order valence-corrected chi connectivity index (χ1v) is 6.18. The molecular formula is C14H11Cl2NO. The number of hydrogen-bond donors (Lipinski definition) is 0. The molecule has 0 bridgehead atoms. The number of pyridine rings is 1. The smallest absolute Gasteiger partial charge is 0.196 e. The minimum atomic E-state index is -0.137. The SMILES string of the molecule is Cc1cc(Cl)c(C(=O)c2ccc(Cl)cc2)c(C)n1. The molecule has 0 fully saturated rings. The van der Waals surface area contributed by atoms with Crippen molar-refractivity contribution >= 4 is 29.0 Å². The van der Waals surface area contributed by atoms with E-state index in [1.54, 1.807) is 37.3 Å². The molecule has 0 unspecified atom stereocenters. The third-order valence-electron chi connectivity index (χ3n) is 2.61. The van der Waals surface area contributed by atoms with Crippen LogP contribution in [0, 0.1) is 13.8 Å². The molecule has 0 aliphatic carbocycles. The van der Waals surface area contributed by atoms with Gasteiger partial charge in [0.25, 0.3) is 0 Å². The zero-order chi connectivity index (χ0) is 13.3. The van der Waals surface area contributed by atoms with E-state index in [0.717, 1.165) is 5.69 Å². The van der Waals surface area contributed by atoms with Crippen LogP contribution in [0.4, 0.5) is 0 Å². The molecule has 0 saturated carbocycles. The van der Waals surface area contributed by atoms with Crippen molar-refractivity contribution in [3.63, 3.8) is 0 Å². The maximum absolute atomic E-state index is 12.3. The third-order valence-corrected chi connectivity index (χ3v) is 3.16. The zero-order valence-electron chi connectivity index (χ0n) is 10.00. The average Bonchev–Trinajstić information content (AvgIpc) is 2.28. The Morgan fingerprint density at radius 2 is 1.72 bits per heavy atom. The molecule has 4 heteroatoms. The first-order valence-electron chi connectivity index (χ1n) is 5.43. The molecule has 0 spiro atoms. The van der Waals surface area contributed by atoms with Gasteiger partial charge in [-0.05, 0) is 44.2 Å². The molecular weight excluding hydrogens is 269 g/mol. The summed E-state index contributed by atoms with van der Waals surface area (Å²) in [6.07, 6.45) is 0. The maximum atomic E-state index is 12.3. The van der Waals surface area contributed by atoms with Gasteiger partial charge >= 0.3 is 0 Å². The summed E-state index contributed by atoms with van der Waals surface area (Å²) >= 11 is 11.9. The van der Waals surface area contributed by atoms with Gasteiger partial charge in [0.15, 0.2) is 5.78 Å². The summed E-state index contributed by atoms with van der Waals surface area (Å²) < 4.78 is 0. The highest BCUT2D eigenvalue weighted by Crippen LogP contribution is 2.23. The molecule has 2 aromatic rings. The van der Waals surface area contributed by atoms with Gasteiger partial charge in [0.05, 0.1) is 16.3 Å². The van der Waals surface area contributed by atoms with Crippen LogP contribution in [0.2, 0.25) is 10.0 Å². The lowest BCUT2D eigenvalue weighted by Crippen LogP contribution is -2.07. The number of aryl methyl sites for hydroxylation is 2. The van der Waals surface area contributed by atoms with E-state index in [1.807, 2.05) is 6.92 Å². The Hall–Kier alpha value is -1.38. The van der Waals surface area contributed by atoms with Crippen molar-refractivity contribution in [3.05, 3.63) is 62.9 Å². The van der Waals surface area contributed by atoms with Crippen molar-refractivity contribution in [3.8, 4) is 0 Å². The van der Waals surface area contributed by atoms with Crippen LogP contribution in [-0.4, -0.2) is 10.8 Å². The normalized spacial score (nSPS) is 10.4. The van der Waals surface area contributed by atoms with Crippen molar-refractivity contribution in [1.29, 1.82) is 0 Å². The fourth-order valence-electron chi connectivity index (χ4n) is 1.80. The summed E-state index contributed by atoms with van der Waals surface area (Å²) in [5.41, 5.74) is 2.43. The first kappa shape index (κ1) is 13.1. The van der Waals surface area contributed by atoms with Crippen LogP contribution in [-0.2, 0) is 0 Å². The number of carbonyl (C=O) groups is 1. The topological polar surface area (TPSA) is 30.0 Å². The Kier molecular flexibility index (Phi) is 3.69. The number of ketones is 1. The molecule has 0 atom stereocenters. The highest BCUT2D eigenvalue weighted by atomic mass is 35.5. The molecule has 0 radical (unpaired) electrons. The molecule has 2 nitrogen and oxygen atoms in total. The van der Waals surface area contributed by atoms with Crippen molar-refractivity contribution in [2.75, 3.05) is 0 Å². The average molecular weight is 280 g/mol. The largest absolute Gasteiger partial charge is 0.288 e. The number of aromatic nitrogens is 1. The third kappa shape index (κ3) is 2.55. The van der Waals surface area contributed by atoms with Gasteiger partial charge in [0.2, 0.25) is 0 Å². The Balaban J connectivity index is 2.49. The van der Waals surface area contributed by atoms with Gasteiger partial charge in [-0.2, -0.15) is 0 Å². The van der Waals surface area contributed by atoms with Crippen LogP contribution in [0.5, 0.6) is 0 Å². The van der Waals surface area contributed by atoms with E-state index in [4.69, 9.17) is 23.2 Å². The van der Waals surface area contributed by atoms with E-state index in [2.05, 4.69) is 4.98 Å². The van der Waals surface area contributed by atoms with Gasteiger partial charge in [-0.1, -0.05) is 23.2 Å². The number of nitrogens with zero attached hydrogens (tertiary/aromatic N) is 1. The van der Waals surface area contributed by atoms with E-state index in [-0.39, 0.29) is 5.78 Å². The van der Waals surface area contributed by atoms with Crippen LogP contribution in [0.1, 0.15) is 27.3 Å². The summed E-state index contributed by atoms with van der Waals surface area (Å²) in [6, 6.07) is 8.41. The van der Waals surface area contributed by atoms with E-state index in [1.165, 1.54) is 0 Å². The minimum absolute atomic E-state index is 0.137. The highest BCUT2D eigenvalue weighted by Gasteiger charge is 2.16. The minimum Gasteiger partial charge on any atom is -0.288 e. The summed E-state index contributed by atoms with van der Waals surface area (Å²) in [6.45, 7) is 3.62. The first-order chi connectivity index (χ1) is 8.49. The van der Waals surface area contributed by atoms with Gasteiger partial charge < -0.3 is 0 Å². The Bertz CT molecular complexity index is 583. The molecule has 18 heavy (non-hydrogen) atoms. The predicted octanol–water partition coefficient (Wildman–Crippen LogP) is 4.24. The molecule has 0 saturated heterocycles. The number of halogens is 2. The monoisotopic (exact) mass is 279 g/mol. The van der Waals surface area contributed by atoms with Crippen molar-refractivity contribution in [2.45, 2.75) is 13.8 Å². The van der Waals surface area contributed by atoms with E-state index < -0.39 is 0 Å². The molecule has 0 amide bonds. The van der Waals surface area contributed by atoms with Gasteiger partial charge in [-0.3, -0.25) is 9.78 Å². The molecule has 0 aliphatic rings. The van der Waals surface area contributed by atoms with Crippen LogP contribution in [0.15, 0.2) is 30.3 Å². The van der Waals surface area contributed by atoms with E-state index in [9.17, 15) is 4.79 Å². The lowest BCUT2D eigenvalue weighted by molar-refractivity contribution is 0.103. The summed E-state index contributed by atoms with van der Waals surface area (Å²) in [7, 11) is 0. The van der Waals surface area contributed by atoms with E-state index >= 15 is 0 Å².